The van der Waals surface area contributed by atoms with Gasteiger partial charge in [-0.15, -0.1) is 0 Å². The van der Waals surface area contributed by atoms with Crippen molar-refractivity contribution in [2.45, 2.75) is 71.1 Å². The number of carbonyl (C=O) groups excluding carboxylic acids is 1. The Bertz CT molecular complexity index is 488. The molecule has 3 N–H and O–H groups in total. The predicted molar refractivity (Wildman–Crippen MR) is 94.7 cm³/mol. The van der Waals surface area contributed by atoms with Gasteiger partial charge >= 0.3 is 35.5 Å². The van der Waals surface area contributed by atoms with Crippen LogP contribution in [0, 0.1) is 0 Å². The van der Waals surface area contributed by atoms with E-state index in [0.717, 1.165) is 31.4 Å². The Hall–Kier alpha value is -0.910. The molecule has 1 aromatic carbocycles. The summed E-state index contributed by atoms with van der Waals surface area (Å²) in [6.07, 6.45) is 12.1. The van der Waals surface area contributed by atoms with Crippen LogP contribution in [0.15, 0.2) is 12.1 Å². The van der Waals surface area contributed by atoms with E-state index in [2.05, 4.69) is 6.92 Å². The van der Waals surface area contributed by atoms with Crippen LogP contribution in [0.25, 0.3) is 0 Å². The van der Waals surface area contributed by atoms with Crippen LogP contribution in [0.5, 0.6) is 17.2 Å². The number of esters is 1. The van der Waals surface area contributed by atoms with Crippen LogP contribution in [0.2, 0.25) is 0 Å². The largest absolute Gasteiger partial charge is 1.00 e. The molecule has 0 atom stereocenters. The number of hydrogen-bond acceptors (Lipinski definition) is 5. The summed E-state index contributed by atoms with van der Waals surface area (Å²) < 4.78 is 5.11. The van der Waals surface area contributed by atoms with Gasteiger partial charge in [0.05, 0.1) is 12.2 Å². The number of hydrogen-bond donors (Lipinski definition) is 3. The summed E-state index contributed by atoms with van der Waals surface area (Å²) in [5, 5.41) is 28.0. The molecule has 0 heterocycles. The number of carbonyl (C=O) groups is 1. The fourth-order valence-corrected chi connectivity index (χ4v) is 2.56. The molecule has 25 heavy (non-hydrogen) atoms. The van der Waals surface area contributed by atoms with Gasteiger partial charge in [-0.05, 0) is 18.6 Å². The minimum absolute atomic E-state index is 0. The summed E-state index contributed by atoms with van der Waals surface area (Å²) in [7, 11) is 0. The molecule has 0 amide bonds. The van der Waals surface area contributed by atoms with Gasteiger partial charge in [-0.1, -0.05) is 64.7 Å². The van der Waals surface area contributed by atoms with E-state index in [1.807, 2.05) is 0 Å². The minimum Gasteiger partial charge on any atom is -1.00 e. The van der Waals surface area contributed by atoms with E-state index in [1.54, 1.807) is 0 Å². The first-order valence-corrected chi connectivity index (χ1v) is 8.98. The van der Waals surface area contributed by atoms with Crippen molar-refractivity contribution in [3.63, 3.8) is 0 Å². The van der Waals surface area contributed by atoms with E-state index in [4.69, 9.17) is 4.74 Å². The molecule has 0 fully saturated rings. The van der Waals surface area contributed by atoms with E-state index < -0.39 is 23.2 Å². The zero-order valence-corrected chi connectivity index (χ0v) is 17.6. The third kappa shape index (κ3) is 9.97. The maximum Gasteiger partial charge on any atom is 1.00 e. The molecule has 0 unspecified atom stereocenters. The van der Waals surface area contributed by atoms with Crippen molar-refractivity contribution in [3.8, 4) is 17.2 Å². The van der Waals surface area contributed by atoms with Crippen LogP contribution >= 0.6 is 0 Å². The Morgan fingerprint density at radius 2 is 1.32 bits per heavy atom. The van der Waals surface area contributed by atoms with Crippen LogP contribution in [-0.2, 0) is 4.74 Å². The number of phenols is 3. The second-order valence-electron chi connectivity index (χ2n) is 6.18. The Kier molecular flexibility index (Phi) is 13.8. The molecule has 0 bridgehead atoms. The van der Waals surface area contributed by atoms with Crippen LogP contribution in [0.4, 0.5) is 0 Å². The predicted octanol–water partition coefficient (Wildman–Crippen LogP) is 2.00. The maximum absolute atomic E-state index is 11.8. The fourth-order valence-electron chi connectivity index (χ4n) is 2.56. The van der Waals surface area contributed by atoms with Crippen LogP contribution in [-0.4, -0.2) is 27.9 Å². The summed E-state index contributed by atoms with van der Waals surface area (Å²) in [6.45, 7) is 2.54. The quantitative estimate of drug-likeness (QED) is 0.229. The van der Waals surface area contributed by atoms with E-state index in [-0.39, 0.29) is 36.5 Å². The molecule has 0 radical (unpaired) electrons. The van der Waals surface area contributed by atoms with Crippen molar-refractivity contribution in [1.82, 2.24) is 0 Å². The topological polar surface area (TPSA) is 87.0 Å². The number of ether oxygens (including phenoxy) is 1. The second kappa shape index (κ2) is 14.3. The summed E-state index contributed by atoms with van der Waals surface area (Å²) in [6, 6.07) is 2.16. The summed E-state index contributed by atoms with van der Waals surface area (Å²) in [4.78, 5) is 11.8. The Morgan fingerprint density at radius 3 is 1.80 bits per heavy atom. The van der Waals surface area contributed by atoms with Gasteiger partial charge in [0.25, 0.3) is 0 Å². The SMILES string of the molecule is CCCCCCCCCCCCOC(=O)c1cc(O)c(O)c(O)c1.[H-].[Na+]. The van der Waals surface area contributed by atoms with Crippen molar-refractivity contribution >= 4 is 5.97 Å². The van der Waals surface area contributed by atoms with Crippen molar-refractivity contribution in [2.24, 2.45) is 0 Å². The standard InChI is InChI=1S/C19H30O5.Na.H/c1-2-3-4-5-6-7-8-9-10-11-12-24-19(23)15-13-16(20)18(22)17(21)14-15;;/h13-14,20-22H,2-12H2,1H3;;/q;+1;-1. The number of rotatable bonds is 12. The molecule has 138 valence electrons. The van der Waals surface area contributed by atoms with E-state index in [0.29, 0.717) is 6.61 Å². The van der Waals surface area contributed by atoms with E-state index >= 15 is 0 Å². The van der Waals surface area contributed by atoms with Gasteiger partial charge in [0.2, 0.25) is 0 Å². The molecule has 1 aromatic rings. The van der Waals surface area contributed by atoms with Gasteiger partial charge in [0, 0.05) is 0 Å². The smallest absolute Gasteiger partial charge is 1.00 e. The minimum atomic E-state index is -0.638. The zero-order chi connectivity index (χ0) is 17.8. The average Bonchev–Trinajstić information content (AvgIpc) is 2.56. The van der Waals surface area contributed by atoms with Crippen molar-refractivity contribution < 1.29 is 55.8 Å². The van der Waals surface area contributed by atoms with Gasteiger partial charge in [0.1, 0.15) is 0 Å². The zero-order valence-electron chi connectivity index (χ0n) is 16.6. The van der Waals surface area contributed by atoms with Crippen molar-refractivity contribution in [1.29, 1.82) is 0 Å². The molecule has 0 saturated carbocycles. The molecular formula is C19H31NaO5. The van der Waals surface area contributed by atoms with Gasteiger partial charge in [0.15, 0.2) is 17.2 Å². The third-order valence-electron chi connectivity index (χ3n) is 4.04. The number of benzene rings is 1. The molecule has 1 rings (SSSR count). The molecule has 0 aliphatic rings. The molecule has 0 aliphatic heterocycles. The van der Waals surface area contributed by atoms with Crippen molar-refractivity contribution in [3.05, 3.63) is 17.7 Å². The first-order valence-electron chi connectivity index (χ1n) is 8.98. The molecule has 5 nitrogen and oxygen atoms in total. The first kappa shape index (κ1) is 24.1. The molecule has 0 aliphatic carbocycles. The fraction of sp³-hybridized carbons (Fsp3) is 0.632. The Balaban J connectivity index is 0. The summed E-state index contributed by atoms with van der Waals surface area (Å²) in [5.74, 6) is -2.33. The number of unbranched alkanes of at least 4 members (excludes halogenated alkanes) is 9. The van der Waals surface area contributed by atoms with Crippen LogP contribution < -0.4 is 29.6 Å². The molecular weight excluding hydrogens is 331 g/mol. The van der Waals surface area contributed by atoms with Crippen LogP contribution in [0.1, 0.15) is 82.9 Å². The number of phenolic OH excluding ortho intramolecular Hbond substituents is 3. The summed E-state index contributed by atoms with van der Waals surface area (Å²) in [5.41, 5.74) is 0.0230. The molecule has 6 heteroatoms. The number of aromatic hydroxyl groups is 3. The van der Waals surface area contributed by atoms with Crippen molar-refractivity contribution in [2.75, 3.05) is 6.61 Å². The molecule has 0 spiro atoms. The van der Waals surface area contributed by atoms with E-state index in [9.17, 15) is 20.1 Å². The van der Waals surface area contributed by atoms with Gasteiger partial charge in [-0.25, -0.2) is 4.79 Å². The normalized spacial score (nSPS) is 10.3. The second-order valence-corrected chi connectivity index (χ2v) is 6.18. The molecule has 0 saturated heterocycles. The summed E-state index contributed by atoms with van der Waals surface area (Å²) >= 11 is 0. The first-order chi connectivity index (χ1) is 11.6. The third-order valence-corrected chi connectivity index (χ3v) is 4.04. The van der Waals surface area contributed by atoms with Crippen LogP contribution in [0.3, 0.4) is 0 Å². The van der Waals surface area contributed by atoms with E-state index in [1.165, 1.54) is 44.9 Å². The average molecular weight is 362 g/mol. The maximum atomic E-state index is 11.8. The Labute approximate surface area is 174 Å². The van der Waals surface area contributed by atoms with Gasteiger partial charge < -0.3 is 21.5 Å². The Morgan fingerprint density at radius 1 is 0.880 bits per heavy atom. The van der Waals surface area contributed by atoms with Gasteiger partial charge in [-0.3, -0.25) is 0 Å². The molecule has 0 aromatic heterocycles. The van der Waals surface area contributed by atoms with Gasteiger partial charge in [-0.2, -0.15) is 0 Å². The monoisotopic (exact) mass is 362 g/mol.